The summed E-state index contributed by atoms with van der Waals surface area (Å²) < 4.78 is 0.794. The van der Waals surface area contributed by atoms with Gasteiger partial charge in [0.1, 0.15) is 0 Å². The Kier molecular flexibility index (Phi) is 4.68. The second kappa shape index (κ2) is 5.56. The van der Waals surface area contributed by atoms with Crippen LogP contribution in [0.3, 0.4) is 0 Å². The number of nitrogens with one attached hydrogen (secondary N) is 1. The molecule has 0 radical (unpaired) electrons. The van der Waals surface area contributed by atoms with Gasteiger partial charge in [0.15, 0.2) is 0 Å². The molecule has 0 saturated heterocycles. The summed E-state index contributed by atoms with van der Waals surface area (Å²) in [4.78, 5) is 0. The van der Waals surface area contributed by atoms with Crippen molar-refractivity contribution in [1.82, 2.24) is 0 Å². The molecule has 0 fully saturated rings. The van der Waals surface area contributed by atoms with Gasteiger partial charge in [0.2, 0.25) is 0 Å². The molecule has 78 valence electrons. The number of hydrogen-bond acceptors (Lipinski definition) is 3. The molecule has 0 bridgehead atoms. The largest absolute Gasteiger partial charge is 0.394 e. The Bertz CT molecular complexity index is 309. The standard InChI is InChI=1S/C9H11BrClNO2/c10-8-3-6(1-2-9(8)11)12-4-7(14)5-13/h1-3,7,12-14H,4-5H2. The summed E-state index contributed by atoms with van der Waals surface area (Å²) in [5.41, 5.74) is 0.841. The molecule has 5 heteroatoms. The van der Waals surface area contributed by atoms with Crippen molar-refractivity contribution in [3.63, 3.8) is 0 Å². The maximum atomic E-state index is 9.09. The lowest BCUT2D eigenvalue weighted by Gasteiger charge is -2.10. The van der Waals surface area contributed by atoms with Crippen molar-refractivity contribution >= 4 is 33.2 Å². The zero-order valence-corrected chi connectivity index (χ0v) is 9.72. The molecule has 3 N–H and O–H groups in total. The van der Waals surface area contributed by atoms with E-state index in [-0.39, 0.29) is 6.61 Å². The van der Waals surface area contributed by atoms with Crippen LogP contribution in [-0.2, 0) is 0 Å². The van der Waals surface area contributed by atoms with Gasteiger partial charge in [-0.15, -0.1) is 0 Å². The van der Waals surface area contributed by atoms with E-state index in [0.29, 0.717) is 11.6 Å². The zero-order chi connectivity index (χ0) is 10.6. The van der Waals surface area contributed by atoms with Crippen molar-refractivity contribution in [3.8, 4) is 0 Å². The molecule has 14 heavy (non-hydrogen) atoms. The molecule has 0 spiro atoms. The first-order valence-corrected chi connectivity index (χ1v) is 5.28. The van der Waals surface area contributed by atoms with E-state index in [1.54, 1.807) is 12.1 Å². The average Bonchev–Trinajstić information content (AvgIpc) is 2.19. The number of anilines is 1. The summed E-state index contributed by atoms with van der Waals surface area (Å²) in [6.07, 6.45) is -0.746. The lowest BCUT2D eigenvalue weighted by atomic mass is 10.3. The lowest BCUT2D eigenvalue weighted by Crippen LogP contribution is -2.22. The molecular formula is C9H11BrClNO2. The van der Waals surface area contributed by atoms with E-state index in [9.17, 15) is 0 Å². The minimum absolute atomic E-state index is 0.248. The van der Waals surface area contributed by atoms with Crippen molar-refractivity contribution in [1.29, 1.82) is 0 Å². The number of aliphatic hydroxyl groups excluding tert-OH is 2. The molecule has 0 aliphatic rings. The summed E-state index contributed by atoms with van der Waals surface area (Å²) in [7, 11) is 0. The summed E-state index contributed by atoms with van der Waals surface area (Å²) in [5.74, 6) is 0. The van der Waals surface area contributed by atoms with Gasteiger partial charge in [-0.2, -0.15) is 0 Å². The van der Waals surface area contributed by atoms with Gasteiger partial charge in [0, 0.05) is 16.7 Å². The quantitative estimate of drug-likeness (QED) is 0.789. The van der Waals surface area contributed by atoms with Gasteiger partial charge < -0.3 is 15.5 Å². The predicted octanol–water partition coefficient (Wildman–Crippen LogP) is 1.87. The van der Waals surface area contributed by atoms with Crippen LogP contribution in [0.4, 0.5) is 5.69 Å². The minimum Gasteiger partial charge on any atom is -0.394 e. The van der Waals surface area contributed by atoms with Crippen LogP contribution >= 0.6 is 27.5 Å². The number of benzene rings is 1. The maximum Gasteiger partial charge on any atom is 0.0942 e. The van der Waals surface area contributed by atoms with Crippen molar-refractivity contribution in [3.05, 3.63) is 27.7 Å². The first kappa shape index (κ1) is 11.8. The van der Waals surface area contributed by atoms with E-state index >= 15 is 0 Å². The monoisotopic (exact) mass is 279 g/mol. The molecule has 1 rings (SSSR count). The third kappa shape index (κ3) is 3.46. The first-order chi connectivity index (χ1) is 6.63. The van der Waals surface area contributed by atoms with E-state index in [1.807, 2.05) is 6.07 Å². The van der Waals surface area contributed by atoms with Gasteiger partial charge in [-0.25, -0.2) is 0 Å². The van der Waals surface area contributed by atoms with E-state index < -0.39 is 6.10 Å². The molecule has 1 aromatic carbocycles. The number of rotatable bonds is 4. The van der Waals surface area contributed by atoms with Crippen LogP contribution in [0.15, 0.2) is 22.7 Å². The third-order valence-corrected chi connectivity index (χ3v) is 2.89. The Balaban J connectivity index is 2.55. The minimum atomic E-state index is -0.746. The van der Waals surface area contributed by atoms with E-state index in [0.717, 1.165) is 10.2 Å². The third-order valence-electron chi connectivity index (χ3n) is 1.67. The van der Waals surface area contributed by atoms with Gasteiger partial charge in [-0.1, -0.05) is 11.6 Å². The lowest BCUT2D eigenvalue weighted by molar-refractivity contribution is 0.105. The van der Waals surface area contributed by atoms with E-state index in [2.05, 4.69) is 21.2 Å². The van der Waals surface area contributed by atoms with E-state index in [1.165, 1.54) is 0 Å². The predicted molar refractivity (Wildman–Crippen MR) is 60.7 cm³/mol. The molecule has 0 saturated carbocycles. The molecule has 3 nitrogen and oxygen atoms in total. The fourth-order valence-corrected chi connectivity index (χ4v) is 1.40. The fourth-order valence-electron chi connectivity index (χ4n) is 0.906. The van der Waals surface area contributed by atoms with Crippen LogP contribution in [0.1, 0.15) is 0 Å². The second-order valence-corrected chi connectivity index (χ2v) is 4.11. The Labute approximate surface area is 95.8 Å². The summed E-state index contributed by atoms with van der Waals surface area (Å²) in [6, 6.07) is 5.36. The molecule has 0 aromatic heterocycles. The smallest absolute Gasteiger partial charge is 0.0942 e. The highest BCUT2D eigenvalue weighted by Gasteiger charge is 2.02. The van der Waals surface area contributed by atoms with Crippen molar-refractivity contribution in [2.45, 2.75) is 6.10 Å². The molecule has 1 aromatic rings. The van der Waals surface area contributed by atoms with Gasteiger partial charge in [0.05, 0.1) is 17.7 Å². The Hall–Kier alpha value is -0.290. The fraction of sp³-hybridized carbons (Fsp3) is 0.333. The normalized spacial score (nSPS) is 12.6. The van der Waals surface area contributed by atoms with Gasteiger partial charge in [-0.05, 0) is 34.1 Å². The van der Waals surface area contributed by atoms with E-state index in [4.69, 9.17) is 21.8 Å². The van der Waals surface area contributed by atoms with Gasteiger partial charge in [0.25, 0.3) is 0 Å². The average molecular weight is 281 g/mol. The molecule has 1 unspecified atom stereocenters. The highest BCUT2D eigenvalue weighted by molar-refractivity contribution is 9.10. The van der Waals surface area contributed by atoms with Crippen LogP contribution < -0.4 is 5.32 Å². The molecule has 0 aliphatic heterocycles. The Morgan fingerprint density at radius 3 is 2.79 bits per heavy atom. The molecule has 0 heterocycles. The first-order valence-electron chi connectivity index (χ1n) is 4.11. The number of halogens is 2. The molecular weight excluding hydrogens is 269 g/mol. The zero-order valence-electron chi connectivity index (χ0n) is 7.37. The SMILES string of the molecule is OCC(O)CNc1ccc(Cl)c(Br)c1. The Morgan fingerprint density at radius 2 is 2.21 bits per heavy atom. The topological polar surface area (TPSA) is 52.5 Å². The van der Waals surface area contributed by atoms with Crippen molar-refractivity contribution < 1.29 is 10.2 Å². The summed E-state index contributed by atoms with van der Waals surface area (Å²) in [6.45, 7) is 0.0618. The van der Waals surface area contributed by atoms with Gasteiger partial charge in [-0.3, -0.25) is 0 Å². The summed E-state index contributed by atoms with van der Waals surface area (Å²) >= 11 is 9.09. The molecule has 0 aliphatic carbocycles. The number of hydrogen-bond donors (Lipinski definition) is 3. The highest BCUT2D eigenvalue weighted by atomic mass is 79.9. The van der Waals surface area contributed by atoms with Gasteiger partial charge >= 0.3 is 0 Å². The van der Waals surface area contributed by atoms with Crippen LogP contribution in [0, 0.1) is 0 Å². The van der Waals surface area contributed by atoms with Crippen LogP contribution in [0.2, 0.25) is 5.02 Å². The molecule has 1 atom stereocenters. The summed E-state index contributed by atoms with van der Waals surface area (Å²) in [5, 5.41) is 21.3. The maximum absolute atomic E-state index is 9.09. The number of aliphatic hydroxyl groups is 2. The second-order valence-electron chi connectivity index (χ2n) is 2.85. The van der Waals surface area contributed by atoms with Crippen LogP contribution in [0.5, 0.6) is 0 Å². The van der Waals surface area contributed by atoms with Crippen molar-refractivity contribution in [2.24, 2.45) is 0 Å². The van der Waals surface area contributed by atoms with Crippen LogP contribution in [-0.4, -0.2) is 29.5 Å². The van der Waals surface area contributed by atoms with Crippen molar-refractivity contribution in [2.75, 3.05) is 18.5 Å². The highest BCUT2D eigenvalue weighted by Crippen LogP contribution is 2.25. The molecule has 0 amide bonds. The van der Waals surface area contributed by atoms with Crippen LogP contribution in [0.25, 0.3) is 0 Å². The Morgan fingerprint density at radius 1 is 1.50 bits per heavy atom.